The van der Waals surface area contributed by atoms with Crippen LogP contribution in [0.4, 0.5) is 5.69 Å². The van der Waals surface area contributed by atoms with Crippen molar-refractivity contribution in [3.63, 3.8) is 0 Å². The molecule has 0 saturated carbocycles. The van der Waals surface area contributed by atoms with Gasteiger partial charge < -0.3 is 14.4 Å². The molecule has 1 amide bonds. The van der Waals surface area contributed by atoms with Crippen LogP contribution in [0.5, 0.6) is 5.75 Å². The quantitative estimate of drug-likeness (QED) is 0.307. The van der Waals surface area contributed by atoms with Crippen LogP contribution in [-0.2, 0) is 4.74 Å². The van der Waals surface area contributed by atoms with Crippen molar-refractivity contribution in [2.75, 3.05) is 32.3 Å². The Morgan fingerprint density at radius 3 is 2.49 bits per heavy atom. The molecule has 6 nitrogen and oxygen atoms in total. The van der Waals surface area contributed by atoms with Crippen LogP contribution in [0.25, 0.3) is 26.7 Å². The Bertz CT molecular complexity index is 1560. The number of thiophene rings is 1. The van der Waals surface area contributed by atoms with Crippen LogP contribution in [0.2, 0.25) is 0 Å². The SMILES string of the molecule is COCCN(C(=O)c1cc(-c2ccc(OC)cc2)c(=O)n2ccc3ccsc3c12)c1ccccc1. The molecular formula is C28H24N2O4S. The number of pyridine rings is 2. The number of carbonyl (C=O) groups excluding carboxylic acids is 1. The van der Waals surface area contributed by atoms with Gasteiger partial charge in [0, 0.05) is 31.1 Å². The summed E-state index contributed by atoms with van der Waals surface area (Å²) in [4.78, 5) is 29.5. The van der Waals surface area contributed by atoms with Crippen molar-refractivity contribution >= 4 is 38.5 Å². The molecule has 0 aliphatic rings. The fourth-order valence-corrected chi connectivity index (χ4v) is 5.17. The highest BCUT2D eigenvalue weighted by atomic mass is 32.1. The van der Waals surface area contributed by atoms with Gasteiger partial charge in [0.15, 0.2) is 0 Å². The molecule has 5 aromatic rings. The van der Waals surface area contributed by atoms with E-state index >= 15 is 0 Å². The number of rotatable bonds is 7. The maximum absolute atomic E-state index is 14.2. The standard InChI is InChI=1S/C28H24N2O4S/c1-33-16-15-29(21-6-4-3-5-7-21)28(32)24-18-23(19-8-10-22(34-2)11-9-19)27(31)30-14-12-20-13-17-35-26(20)25(24)30/h3-14,17-18H,15-16H2,1-2H3. The van der Waals surface area contributed by atoms with E-state index in [1.54, 1.807) is 35.8 Å². The summed E-state index contributed by atoms with van der Waals surface area (Å²) >= 11 is 1.52. The smallest absolute Gasteiger partial charge is 0.263 e. The van der Waals surface area contributed by atoms with E-state index in [4.69, 9.17) is 9.47 Å². The molecule has 0 aliphatic carbocycles. The minimum Gasteiger partial charge on any atom is -0.497 e. The van der Waals surface area contributed by atoms with E-state index in [1.165, 1.54) is 11.3 Å². The van der Waals surface area contributed by atoms with Gasteiger partial charge in [0.25, 0.3) is 11.5 Å². The first-order valence-corrected chi connectivity index (χ1v) is 12.1. The van der Waals surface area contributed by atoms with E-state index in [-0.39, 0.29) is 11.5 Å². The Labute approximate surface area is 206 Å². The fourth-order valence-electron chi connectivity index (χ4n) is 4.23. The number of hydrogen-bond donors (Lipinski definition) is 0. The summed E-state index contributed by atoms with van der Waals surface area (Å²) in [6.45, 7) is 0.758. The molecule has 0 aliphatic heterocycles. The van der Waals surface area contributed by atoms with Gasteiger partial charge in [-0.05, 0) is 58.8 Å². The van der Waals surface area contributed by atoms with Gasteiger partial charge in [-0.15, -0.1) is 11.3 Å². The average molecular weight is 485 g/mol. The number of benzene rings is 2. The monoisotopic (exact) mass is 484 g/mol. The molecular weight excluding hydrogens is 460 g/mol. The Morgan fingerprint density at radius 1 is 1.00 bits per heavy atom. The summed E-state index contributed by atoms with van der Waals surface area (Å²) in [5.41, 5.74) is 2.83. The zero-order valence-electron chi connectivity index (χ0n) is 19.4. The second-order valence-corrected chi connectivity index (χ2v) is 8.95. The first-order valence-electron chi connectivity index (χ1n) is 11.2. The van der Waals surface area contributed by atoms with Crippen molar-refractivity contribution in [3.05, 3.63) is 100 Å². The maximum atomic E-state index is 14.2. The molecule has 5 rings (SSSR count). The molecule has 0 atom stereocenters. The molecule has 2 aromatic carbocycles. The van der Waals surface area contributed by atoms with Gasteiger partial charge in [0.1, 0.15) is 5.75 Å². The molecule has 3 aromatic heterocycles. The maximum Gasteiger partial charge on any atom is 0.263 e. The first-order chi connectivity index (χ1) is 17.1. The number of hydrogen-bond acceptors (Lipinski definition) is 5. The fraction of sp³-hybridized carbons (Fsp3) is 0.143. The predicted molar refractivity (Wildman–Crippen MR) is 141 cm³/mol. The molecule has 35 heavy (non-hydrogen) atoms. The minimum absolute atomic E-state index is 0.180. The van der Waals surface area contributed by atoms with Gasteiger partial charge in [-0.3, -0.25) is 14.0 Å². The average Bonchev–Trinajstić information content (AvgIpc) is 3.39. The van der Waals surface area contributed by atoms with Crippen molar-refractivity contribution in [2.24, 2.45) is 0 Å². The van der Waals surface area contributed by atoms with Crippen molar-refractivity contribution < 1.29 is 14.3 Å². The highest BCUT2D eigenvalue weighted by molar-refractivity contribution is 7.18. The molecule has 3 heterocycles. The third kappa shape index (κ3) is 4.20. The van der Waals surface area contributed by atoms with E-state index in [2.05, 4.69) is 0 Å². The number of para-hydroxylation sites is 1. The largest absolute Gasteiger partial charge is 0.497 e. The molecule has 0 bridgehead atoms. The van der Waals surface area contributed by atoms with Gasteiger partial charge >= 0.3 is 0 Å². The third-order valence-electron chi connectivity index (χ3n) is 6.01. The van der Waals surface area contributed by atoms with Crippen molar-refractivity contribution in [2.45, 2.75) is 0 Å². The lowest BCUT2D eigenvalue weighted by atomic mass is 10.0. The van der Waals surface area contributed by atoms with Crippen molar-refractivity contribution in [1.29, 1.82) is 0 Å². The van der Waals surface area contributed by atoms with E-state index < -0.39 is 0 Å². The zero-order valence-corrected chi connectivity index (χ0v) is 20.2. The summed E-state index contributed by atoms with van der Waals surface area (Å²) in [7, 11) is 3.21. The van der Waals surface area contributed by atoms with Crippen LogP contribution in [-0.4, -0.2) is 37.7 Å². The summed E-state index contributed by atoms with van der Waals surface area (Å²) in [5.74, 6) is 0.502. The molecule has 0 radical (unpaired) electrons. The summed E-state index contributed by atoms with van der Waals surface area (Å²) < 4.78 is 13.1. The summed E-state index contributed by atoms with van der Waals surface area (Å²) in [6, 6.07) is 22.4. The predicted octanol–water partition coefficient (Wildman–Crippen LogP) is 5.48. The van der Waals surface area contributed by atoms with Crippen LogP contribution in [0.15, 0.2) is 89.2 Å². The molecule has 0 fully saturated rings. The lowest BCUT2D eigenvalue weighted by Gasteiger charge is -2.24. The second-order valence-electron chi connectivity index (χ2n) is 8.03. The first kappa shape index (κ1) is 22.8. The Hall–Kier alpha value is -3.94. The molecule has 0 saturated heterocycles. The second kappa shape index (κ2) is 9.74. The van der Waals surface area contributed by atoms with Gasteiger partial charge in [-0.2, -0.15) is 0 Å². The van der Waals surface area contributed by atoms with Crippen LogP contribution >= 0.6 is 11.3 Å². The Morgan fingerprint density at radius 2 is 1.77 bits per heavy atom. The zero-order chi connectivity index (χ0) is 24.4. The summed E-state index contributed by atoms with van der Waals surface area (Å²) in [5, 5.41) is 2.96. The number of nitrogens with zero attached hydrogens (tertiary/aromatic N) is 2. The molecule has 0 spiro atoms. The van der Waals surface area contributed by atoms with E-state index in [0.29, 0.717) is 41.1 Å². The third-order valence-corrected chi connectivity index (χ3v) is 6.95. The van der Waals surface area contributed by atoms with E-state index in [1.807, 2.05) is 72.1 Å². The molecule has 176 valence electrons. The van der Waals surface area contributed by atoms with Crippen molar-refractivity contribution in [3.8, 4) is 16.9 Å². The molecule has 0 unspecified atom stereocenters. The normalized spacial score (nSPS) is 11.1. The number of fused-ring (bicyclic) bond motifs is 3. The number of ether oxygens (including phenoxy) is 2. The minimum atomic E-state index is -0.193. The van der Waals surface area contributed by atoms with E-state index in [0.717, 1.165) is 15.8 Å². The van der Waals surface area contributed by atoms with Gasteiger partial charge in [-0.1, -0.05) is 30.3 Å². The molecule has 0 N–H and O–H groups in total. The van der Waals surface area contributed by atoms with E-state index in [9.17, 15) is 9.59 Å². The molecule has 7 heteroatoms. The van der Waals surface area contributed by atoms with Crippen LogP contribution in [0.3, 0.4) is 0 Å². The number of methoxy groups -OCH3 is 2. The van der Waals surface area contributed by atoms with Crippen LogP contribution in [0, 0.1) is 0 Å². The number of carbonyl (C=O) groups is 1. The lowest BCUT2D eigenvalue weighted by molar-refractivity contribution is 0.0977. The Balaban J connectivity index is 1.77. The number of anilines is 1. The Kier molecular flexibility index (Phi) is 6.35. The highest BCUT2D eigenvalue weighted by Gasteiger charge is 2.24. The van der Waals surface area contributed by atoms with Gasteiger partial charge in [0.05, 0.1) is 29.5 Å². The van der Waals surface area contributed by atoms with Gasteiger partial charge in [0.2, 0.25) is 0 Å². The highest BCUT2D eigenvalue weighted by Crippen LogP contribution is 2.31. The summed E-state index contributed by atoms with van der Waals surface area (Å²) in [6.07, 6.45) is 1.75. The topological polar surface area (TPSA) is 60.2 Å². The van der Waals surface area contributed by atoms with Crippen LogP contribution in [0.1, 0.15) is 10.4 Å². The number of aromatic nitrogens is 1. The van der Waals surface area contributed by atoms with Gasteiger partial charge in [-0.25, -0.2) is 0 Å². The number of amides is 1. The lowest BCUT2D eigenvalue weighted by Crippen LogP contribution is -2.35. The van der Waals surface area contributed by atoms with Crippen LogP contribution < -0.4 is 15.2 Å². The van der Waals surface area contributed by atoms with Crippen molar-refractivity contribution in [1.82, 2.24) is 4.40 Å².